The van der Waals surface area contributed by atoms with Gasteiger partial charge in [-0.25, -0.2) is 4.39 Å². The van der Waals surface area contributed by atoms with Crippen LogP contribution in [0, 0.1) is 17.1 Å². The molecule has 0 spiro atoms. The van der Waals surface area contributed by atoms with Gasteiger partial charge in [0.05, 0.1) is 10.7 Å². The number of benzene rings is 2. The summed E-state index contributed by atoms with van der Waals surface area (Å²) in [6.45, 7) is 0.493. The molecule has 0 radical (unpaired) electrons. The summed E-state index contributed by atoms with van der Waals surface area (Å²) in [7, 11) is 0. The molecule has 0 aliphatic rings. The van der Waals surface area contributed by atoms with E-state index < -0.39 is 5.91 Å². The molecule has 0 atom stereocenters. The molecular weight excluding hydrogens is 343 g/mol. The fraction of sp³-hybridized carbons (Fsp3) is 0.111. The van der Waals surface area contributed by atoms with E-state index in [0.29, 0.717) is 24.3 Å². The minimum Gasteiger partial charge on any atom is -0.399 e. The number of nitriles is 1. The van der Waals surface area contributed by atoms with Gasteiger partial charge in [0.25, 0.3) is 5.91 Å². The number of amides is 1. The number of hydrogen-bond donors (Lipinski definition) is 3. The highest BCUT2D eigenvalue weighted by Gasteiger charge is 2.11. The fourth-order valence-electron chi connectivity index (χ4n) is 2.01. The second-order valence-electron chi connectivity index (χ2n) is 5.19. The molecule has 1 amide bonds. The molecule has 2 aromatic carbocycles. The van der Waals surface area contributed by atoms with Gasteiger partial charge in [-0.05, 0) is 42.3 Å². The van der Waals surface area contributed by atoms with E-state index in [1.54, 1.807) is 24.3 Å². The highest BCUT2D eigenvalue weighted by molar-refractivity contribution is 6.34. The van der Waals surface area contributed by atoms with E-state index in [2.05, 4.69) is 10.6 Å². The van der Waals surface area contributed by atoms with Crippen LogP contribution < -0.4 is 16.4 Å². The van der Waals surface area contributed by atoms with Gasteiger partial charge in [-0.1, -0.05) is 23.7 Å². The Kier molecular flexibility index (Phi) is 6.38. The maximum Gasteiger partial charge on any atom is 0.267 e. The number of carbonyl (C=O) groups excluding carboxylic acids is 1. The highest BCUT2D eigenvalue weighted by Crippen LogP contribution is 2.24. The van der Waals surface area contributed by atoms with Crippen molar-refractivity contribution >= 4 is 28.9 Å². The van der Waals surface area contributed by atoms with Crippen LogP contribution in [-0.4, -0.2) is 12.5 Å². The number of nitrogens with zero attached hydrogens (tertiary/aromatic N) is 1. The first-order chi connectivity index (χ1) is 12.0. The number of halogens is 2. The van der Waals surface area contributed by atoms with Crippen LogP contribution in [0.5, 0.6) is 0 Å². The Hall–Kier alpha value is -3.04. The second kappa shape index (κ2) is 8.71. The van der Waals surface area contributed by atoms with Crippen molar-refractivity contribution in [1.29, 1.82) is 5.26 Å². The van der Waals surface area contributed by atoms with Gasteiger partial charge in [-0.3, -0.25) is 4.79 Å². The SMILES string of the molecule is N#C/C(=C/NCCc1ccc(F)cc1)C(=O)Nc1ccc(N)cc1Cl. The van der Waals surface area contributed by atoms with Crippen molar-refractivity contribution in [2.45, 2.75) is 6.42 Å². The van der Waals surface area contributed by atoms with Crippen LogP contribution in [0.4, 0.5) is 15.8 Å². The van der Waals surface area contributed by atoms with Gasteiger partial charge in [0.1, 0.15) is 17.5 Å². The summed E-state index contributed by atoms with van der Waals surface area (Å²) in [5.74, 6) is -0.871. The lowest BCUT2D eigenvalue weighted by Gasteiger charge is -2.07. The molecule has 0 aromatic heterocycles. The Labute approximate surface area is 149 Å². The first-order valence-corrected chi connectivity index (χ1v) is 7.82. The van der Waals surface area contributed by atoms with Gasteiger partial charge >= 0.3 is 0 Å². The summed E-state index contributed by atoms with van der Waals surface area (Å²) < 4.78 is 12.8. The van der Waals surface area contributed by atoms with Crippen LogP contribution in [-0.2, 0) is 11.2 Å². The monoisotopic (exact) mass is 358 g/mol. The molecule has 0 saturated heterocycles. The Morgan fingerprint density at radius 2 is 2.00 bits per heavy atom. The zero-order chi connectivity index (χ0) is 18.2. The van der Waals surface area contributed by atoms with E-state index in [4.69, 9.17) is 22.6 Å². The predicted molar refractivity (Wildman–Crippen MR) is 96.3 cm³/mol. The zero-order valence-corrected chi connectivity index (χ0v) is 14.0. The van der Waals surface area contributed by atoms with Crippen molar-refractivity contribution in [1.82, 2.24) is 5.32 Å². The number of anilines is 2. The summed E-state index contributed by atoms with van der Waals surface area (Å²) >= 11 is 5.99. The summed E-state index contributed by atoms with van der Waals surface area (Å²) in [5.41, 5.74) is 7.29. The van der Waals surface area contributed by atoms with Crippen molar-refractivity contribution < 1.29 is 9.18 Å². The van der Waals surface area contributed by atoms with Gasteiger partial charge < -0.3 is 16.4 Å². The molecule has 2 rings (SSSR count). The summed E-state index contributed by atoms with van der Waals surface area (Å²) in [4.78, 5) is 12.1. The number of nitrogens with two attached hydrogens (primary N) is 1. The van der Waals surface area contributed by atoms with Crippen molar-refractivity contribution in [3.63, 3.8) is 0 Å². The maximum absolute atomic E-state index is 12.8. The number of nitrogen functional groups attached to an aromatic ring is 1. The summed E-state index contributed by atoms with van der Waals surface area (Å²) in [6, 6.07) is 12.6. The molecule has 2 aromatic rings. The minimum atomic E-state index is -0.580. The quantitative estimate of drug-likeness (QED) is 0.320. The predicted octanol–water partition coefficient (Wildman–Crippen LogP) is 3.24. The second-order valence-corrected chi connectivity index (χ2v) is 5.60. The lowest BCUT2D eigenvalue weighted by molar-refractivity contribution is -0.112. The zero-order valence-electron chi connectivity index (χ0n) is 13.2. The summed E-state index contributed by atoms with van der Waals surface area (Å²) in [6.07, 6.45) is 1.96. The number of carbonyl (C=O) groups is 1. The number of rotatable bonds is 6. The Morgan fingerprint density at radius 1 is 1.28 bits per heavy atom. The van der Waals surface area contributed by atoms with Crippen LogP contribution in [0.2, 0.25) is 5.02 Å². The lowest BCUT2D eigenvalue weighted by atomic mass is 10.1. The standard InChI is InChI=1S/C18H16ClFN4O/c19-16-9-15(22)5-6-17(16)24-18(25)13(10-21)11-23-8-7-12-1-3-14(20)4-2-12/h1-6,9,11,23H,7-8,22H2,(H,24,25)/b13-11-. The molecule has 0 unspecified atom stereocenters. The molecule has 4 N–H and O–H groups in total. The van der Waals surface area contributed by atoms with Gasteiger partial charge in [0.15, 0.2) is 0 Å². The van der Waals surface area contributed by atoms with Crippen molar-refractivity contribution in [2.75, 3.05) is 17.6 Å². The van der Waals surface area contributed by atoms with Crippen LogP contribution in [0.25, 0.3) is 0 Å². The van der Waals surface area contributed by atoms with Crippen molar-refractivity contribution in [3.05, 3.63) is 70.6 Å². The summed E-state index contributed by atoms with van der Waals surface area (Å²) in [5, 5.41) is 14.9. The third-order valence-corrected chi connectivity index (χ3v) is 3.64. The van der Waals surface area contributed by atoms with E-state index >= 15 is 0 Å². The average Bonchev–Trinajstić information content (AvgIpc) is 2.59. The molecular formula is C18H16ClFN4O. The van der Waals surface area contributed by atoms with Gasteiger partial charge in [-0.15, -0.1) is 0 Å². The molecule has 0 aliphatic heterocycles. The third-order valence-electron chi connectivity index (χ3n) is 3.32. The van der Waals surface area contributed by atoms with E-state index in [1.807, 2.05) is 6.07 Å². The topological polar surface area (TPSA) is 90.9 Å². The van der Waals surface area contributed by atoms with Crippen LogP contribution in [0.15, 0.2) is 54.2 Å². The largest absolute Gasteiger partial charge is 0.399 e. The molecule has 0 fully saturated rings. The molecule has 7 heteroatoms. The van der Waals surface area contributed by atoms with E-state index in [0.717, 1.165) is 5.56 Å². The van der Waals surface area contributed by atoms with Crippen LogP contribution in [0.3, 0.4) is 0 Å². The van der Waals surface area contributed by atoms with Crippen LogP contribution in [0.1, 0.15) is 5.56 Å². The molecule has 0 heterocycles. The fourth-order valence-corrected chi connectivity index (χ4v) is 2.25. The van der Waals surface area contributed by atoms with Crippen molar-refractivity contribution in [3.8, 4) is 6.07 Å². The molecule has 25 heavy (non-hydrogen) atoms. The normalized spacial score (nSPS) is 10.8. The van der Waals surface area contributed by atoms with Crippen molar-refractivity contribution in [2.24, 2.45) is 0 Å². The molecule has 5 nitrogen and oxygen atoms in total. The molecule has 0 bridgehead atoms. The molecule has 0 saturated carbocycles. The Morgan fingerprint density at radius 3 is 2.64 bits per heavy atom. The van der Waals surface area contributed by atoms with Gasteiger partial charge in [0, 0.05) is 18.4 Å². The van der Waals surface area contributed by atoms with E-state index in [-0.39, 0.29) is 16.4 Å². The average molecular weight is 359 g/mol. The van der Waals surface area contributed by atoms with Gasteiger partial charge in [-0.2, -0.15) is 5.26 Å². The minimum absolute atomic E-state index is 0.0907. The number of nitrogens with one attached hydrogen (secondary N) is 2. The molecule has 128 valence electrons. The number of hydrogen-bond acceptors (Lipinski definition) is 4. The lowest BCUT2D eigenvalue weighted by Crippen LogP contribution is -2.18. The first kappa shape index (κ1) is 18.3. The van der Waals surface area contributed by atoms with E-state index in [1.165, 1.54) is 24.4 Å². The third kappa shape index (κ3) is 5.52. The van der Waals surface area contributed by atoms with Gasteiger partial charge in [0.2, 0.25) is 0 Å². The Bertz CT molecular complexity index is 828. The smallest absolute Gasteiger partial charge is 0.267 e. The maximum atomic E-state index is 12.8. The van der Waals surface area contributed by atoms with E-state index in [9.17, 15) is 9.18 Å². The highest BCUT2D eigenvalue weighted by atomic mass is 35.5. The molecule has 0 aliphatic carbocycles. The first-order valence-electron chi connectivity index (χ1n) is 7.44. The Balaban J connectivity index is 1.91. The van der Waals surface area contributed by atoms with Crippen LogP contribution >= 0.6 is 11.6 Å².